The van der Waals surface area contributed by atoms with Crippen LogP contribution < -0.4 is 10.2 Å². The van der Waals surface area contributed by atoms with Gasteiger partial charge in [-0.1, -0.05) is 6.07 Å². The highest BCUT2D eigenvalue weighted by Gasteiger charge is 2.20. The summed E-state index contributed by atoms with van der Waals surface area (Å²) in [6, 6.07) is 7.41. The van der Waals surface area contributed by atoms with Crippen molar-refractivity contribution in [2.45, 2.75) is 26.3 Å². The van der Waals surface area contributed by atoms with E-state index in [1.165, 1.54) is 29.8 Å². The van der Waals surface area contributed by atoms with Crippen LogP contribution >= 0.6 is 0 Å². The first-order valence-electron chi connectivity index (χ1n) is 5.70. The van der Waals surface area contributed by atoms with Crippen LogP contribution in [0.15, 0.2) is 18.2 Å². The highest BCUT2D eigenvalue weighted by molar-refractivity contribution is 5.51. The van der Waals surface area contributed by atoms with Crippen molar-refractivity contribution in [3.05, 3.63) is 29.3 Å². The van der Waals surface area contributed by atoms with Crippen LogP contribution in [0.4, 0.5) is 5.69 Å². The summed E-state index contributed by atoms with van der Waals surface area (Å²) in [5.74, 6) is 0. The number of anilines is 1. The third-order valence-corrected chi connectivity index (χ3v) is 3.45. The van der Waals surface area contributed by atoms with Crippen LogP contribution in [0.25, 0.3) is 0 Å². The Bertz CT molecular complexity index is 346. The number of likely N-dealkylation sites (N-methyl/N-ethyl adjacent to an activating group) is 1. The van der Waals surface area contributed by atoms with Gasteiger partial charge in [-0.2, -0.15) is 0 Å². The van der Waals surface area contributed by atoms with Gasteiger partial charge in [0, 0.05) is 24.8 Å². The molecule has 1 N–H and O–H groups in total. The first-order chi connectivity index (χ1) is 7.20. The lowest BCUT2D eigenvalue weighted by Crippen LogP contribution is -2.29. The Morgan fingerprint density at radius 1 is 1.27 bits per heavy atom. The Hall–Kier alpha value is -1.02. The van der Waals surface area contributed by atoms with Crippen LogP contribution in [-0.2, 0) is 0 Å². The molecule has 1 aliphatic heterocycles. The zero-order valence-corrected chi connectivity index (χ0v) is 9.88. The van der Waals surface area contributed by atoms with Gasteiger partial charge in [0.1, 0.15) is 0 Å². The van der Waals surface area contributed by atoms with E-state index in [2.05, 4.69) is 49.3 Å². The summed E-state index contributed by atoms with van der Waals surface area (Å²) in [6.07, 6.45) is 1.25. The van der Waals surface area contributed by atoms with Crippen molar-refractivity contribution >= 4 is 5.69 Å². The zero-order chi connectivity index (χ0) is 10.8. The number of benzene rings is 1. The Morgan fingerprint density at radius 2 is 2.07 bits per heavy atom. The molecule has 2 heteroatoms. The quantitative estimate of drug-likeness (QED) is 0.793. The molecule has 0 bridgehead atoms. The molecule has 82 valence electrons. The second-order valence-corrected chi connectivity index (χ2v) is 4.49. The van der Waals surface area contributed by atoms with Gasteiger partial charge >= 0.3 is 0 Å². The molecule has 0 radical (unpaired) electrons. The molecule has 15 heavy (non-hydrogen) atoms. The number of rotatable bonds is 2. The van der Waals surface area contributed by atoms with E-state index < -0.39 is 0 Å². The van der Waals surface area contributed by atoms with Gasteiger partial charge in [0.2, 0.25) is 0 Å². The largest absolute Gasteiger partial charge is 0.370 e. The molecular weight excluding hydrogens is 184 g/mol. The van der Waals surface area contributed by atoms with Gasteiger partial charge in [0.15, 0.2) is 0 Å². The average Bonchev–Trinajstić information content (AvgIpc) is 2.70. The predicted molar refractivity (Wildman–Crippen MR) is 65.6 cm³/mol. The second kappa shape index (κ2) is 4.23. The molecular formula is C13H20N2. The fraction of sp³-hybridized carbons (Fsp3) is 0.538. The molecule has 0 aliphatic carbocycles. The lowest BCUT2D eigenvalue weighted by atomic mass is 10.1. The van der Waals surface area contributed by atoms with Crippen molar-refractivity contribution in [1.82, 2.24) is 5.32 Å². The molecule has 0 saturated carbocycles. The normalized spacial score (nSPS) is 21.0. The molecule has 1 aliphatic rings. The van der Waals surface area contributed by atoms with Crippen molar-refractivity contribution in [1.29, 1.82) is 0 Å². The summed E-state index contributed by atoms with van der Waals surface area (Å²) in [5.41, 5.74) is 4.14. The highest BCUT2D eigenvalue weighted by Crippen LogP contribution is 2.22. The van der Waals surface area contributed by atoms with Crippen LogP contribution in [0.5, 0.6) is 0 Å². The Morgan fingerprint density at radius 3 is 2.67 bits per heavy atom. The minimum atomic E-state index is 0.659. The van der Waals surface area contributed by atoms with E-state index in [4.69, 9.17) is 0 Å². The van der Waals surface area contributed by atoms with Crippen molar-refractivity contribution in [2.75, 3.05) is 25.0 Å². The summed E-state index contributed by atoms with van der Waals surface area (Å²) in [6.45, 7) is 6.66. The fourth-order valence-electron chi connectivity index (χ4n) is 2.15. The van der Waals surface area contributed by atoms with Gasteiger partial charge in [-0.15, -0.1) is 0 Å². The maximum absolute atomic E-state index is 3.35. The Labute approximate surface area is 92.3 Å². The molecule has 1 unspecified atom stereocenters. The molecule has 0 spiro atoms. The molecule has 0 aromatic heterocycles. The van der Waals surface area contributed by atoms with Crippen LogP contribution in [0.2, 0.25) is 0 Å². The maximum Gasteiger partial charge on any atom is 0.0369 e. The first kappa shape index (κ1) is 10.5. The molecule has 1 aromatic carbocycles. The molecule has 1 heterocycles. The molecule has 2 rings (SSSR count). The average molecular weight is 204 g/mol. The minimum Gasteiger partial charge on any atom is -0.370 e. The Kier molecular flexibility index (Phi) is 2.96. The number of nitrogens with one attached hydrogen (secondary N) is 1. The summed E-state index contributed by atoms with van der Waals surface area (Å²) < 4.78 is 0. The van der Waals surface area contributed by atoms with Gasteiger partial charge in [-0.05, 0) is 50.6 Å². The van der Waals surface area contributed by atoms with Crippen LogP contribution in [0.3, 0.4) is 0 Å². The third kappa shape index (κ3) is 2.15. The van der Waals surface area contributed by atoms with E-state index in [1.54, 1.807) is 0 Å². The van der Waals surface area contributed by atoms with E-state index in [-0.39, 0.29) is 0 Å². The molecule has 1 atom stereocenters. The fourth-order valence-corrected chi connectivity index (χ4v) is 2.15. The molecule has 1 aromatic rings. The first-order valence-corrected chi connectivity index (χ1v) is 5.70. The molecule has 2 nitrogen and oxygen atoms in total. The van der Waals surface area contributed by atoms with Crippen molar-refractivity contribution in [3.63, 3.8) is 0 Å². The molecule has 1 saturated heterocycles. The minimum absolute atomic E-state index is 0.659. The van der Waals surface area contributed by atoms with E-state index in [0.29, 0.717) is 6.04 Å². The van der Waals surface area contributed by atoms with Crippen LogP contribution in [-0.4, -0.2) is 26.2 Å². The summed E-state index contributed by atoms with van der Waals surface area (Å²) in [7, 11) is 2.05. The smallest absolute Gasteiger partial charge is 0.0369 e. The number of aryl methyl sites for hydroxylation is 2. The monoisotopic (exact) mass is 204 g/mol. The lowest BCUT2D eigenvalue weighted by molar-refractivity contribution is 0.617. The van der Waals surface area contributed by atoms with Gasteiger partial charge < -0.3 is 10.2 Å². The van der Waals surface area contributed by atoms with Gasteiger partial charge in [-0.3, -0.25) is 0 Å². The highest BCUT2D eigenvalue weighted by atomic mass is 15.2. The van der Waals surface area contributed by atoms with Crippen molar-refractivity contribution < 1.29 is 0 Å². The maximum atomic E-state index is 3.35. The van der Waals surface area contributed by atoms with Crippen LogP contribution in [0, 0.1) is 13.8 Å². The van der Waals surface area contributed by atoms with Crippen molar-refractivity contribution in [2.24, 2.45) is 0 Å². The number of hydrogen-bond acceptors (Lipinski definition) is 2. The van der Waals surface area contributed by atoms with Crippen LogP contribution in [0.1, 0.15) is 17.5 Å². The van der Waals surface area contributed by atoms with Gasteiger partial charge in [0.25, 0.3) is 0 Å². The summed E-state index contributed by atoms with van der Waals surface area (Å²) in [5, 5.41) is 3.35. The third-order valence-electron chi connectivity index (χ3n) is 3.45. The topological polar surface area (TPSA) is 15.3 Å². The standard InChI is InChI=1S/C13H20N2/c1-10-4-5-13(8-11(10)2)15-7-6-12(9-15)14-3/h4-5,8,12,14H,6-7,9H2,1-3H3. The SMILES string of the molecule is CNC1CCN(c2ccc(C)c(C)c2)C1. The second-order valence-electron chi connectivity index (χ2n) is 4.49. The zero-order valence-electron chi connectivity index (χ0n) is 9.88. The lowest BCUT2D eigenvalue weighted by Gasteiger charge is -2.19. The van der Waals surface area contributed by atoms with E-state index in [0.717, 1.165) is 6.54 Å². The van der Waals surface area contributed by atoms with E-state index in [9.17, 15) is 0 Å². The summed E-state index contributed by atoms with van der Waals surface area (Å²) in [4.78, 5) is 2.47. The summed E-state index contributed by atoms with van der Waals surface area (Å²) >= 11 is 0. The molecule has 0 amide bonds. The molecule has 1 fully saturated rings. The number of nitrogens with zero attached hydrogens (tertiary/aromatic N) is 1. The number of hydrogen-bond donors (Lipinski definition) is 1. The Balaban J connectivity index is 2.13. The van der Waals surface area contributed by atoms with Gasteiger partial charge in [-0.25, -0.2) is 0 Å². The van der Waals surface area contributed by atoms with E-state index >= 15 is 0 Å². The van der Waals surface area contributed by atoms with E-state index in [1.807, 2.05) is 0 Å². The van der Waals surface area contributed by atoms with Gasteiger partial charge in [0.05, 0.1) is 0 Å². The van der Waals surface area contributed by atoms with Crippen molar-refractivity contribution in [3.8, 4) is 0 Å². The predicted octanol–water partition coefficient (Wildman–Crippen LogP) is 2.10.